The number of nitrogens with one attached hydrogen (secondary N) is 1. The average molecular weight is 288 g/mol. The van der Waals surface area contributed by atoms with Crippen LogP contribution >= 0.6 is 11.3 Å². The molecule has 0 fully saturated rings. The summed E-state index contributed by atoms with van der Waals surface area (Å²) in [7, 11) is 0. The normalized spacial score (nSPS) is 13.4. The Labute approximate surface area is 126 Å². The maximum atomic E-state index is 4.72. The summed E-state index contributed by atoms with van der Waals surface area (Å²) in [4.78, 5) is 4.72. The second-order valence-electron chi connectivity index (χ2n) is 6.39. The number of nitrogens with zero attached hydrogens (tertiary/aromatic N) is 1. The van der Waals surface area contributed by atoms with Crippen LogP contribution in [0.2, 0.25) is 0 Å². The number of hydrogen-bond acceptors (Lipinski definition) is 3. The predicted octanol–water partition coefficient (Wildman–Crippen LogP) is 4.60. The second-order valence-corrected chi connectivity index (χ2v) is 7.33. The fourth-order valence-corrected chi connectivity index (χ4v) is 2.92. The SMILES string of the molecule is Cc1ccc([C@H](C)NCc2nc(C(C)(C)C)cs2)cc1. The first-order valence-corrected chi connectivity index (χ1v) is 7.99. The molecule has 20 heavy (non-hydrogen) atoms. The lowest BCUT2D eigenvalue weighted by Crippen LogP contribution is -2.18. The van der Waals surface area contributed by atoms with E-state index in [2.05, 4.69) is 69.6 Å². The zero-order valence-electron chi connectivity index (χ0n) is 13.0. The van der Waals surface area contributed by atoms with Crippen LogP contribution in [0.25, 0.3) is 0 Å². The van der Waals surface area contributed by atoms with Gasteiger partial charge in [0, 0.05) is 23.4 Å². The van der Waals surface area contributed by atoms with Crippen LogP contribution < -0.4 is 5.32 Å². The van der Waals surface area contributed by atoms with Crippen LogP contribution in [0.1, 0.15) is 55.6 Å². The summed E-state index contributed by atoms with van der Waals surface area (Å²) in [6.45, 7) is 11.8. The van der Waals surface area contributed by atoms with Crippen LogP contribution in [0, 0.1) is 6.92 Å². The van der Waals surface area contributed by atoms with E-state index >= 15 is 0 Å². The molecule has 1 aromatic heterocycles. The van der Waals surface area contributed by atoms with Crippen LogP contribution in [0.3, 0.4) is 0 Å². The first-order valence-electron chi connectivity index (χ1n) is 7.11. The average Bonchev–Trinajstić information content (AvgIpc) is 2.85. The highest BCUT2D eigenvalue weighted by atomic mass is 32.1. The van der Waals surface area contributed by atoms with Gasteiger partial charge in [0.2, 0.25) is 0 Å². The van der Waals surface area contributed by atoms with Crippen LogP contribution in [0.5, 0.6) is 0 Å². The van der Waals surface area contributed by atoms with Crippen LogP contribution in [-0.4, -0.2) is 4.98 Å². The summed E-state index contributed by atoms with van der Waals surface area (Å²) >= 11 is 1.74. The van der Waals surface area contributed by atoms with Gasteiger partial charge < -0.3 is 5.32 Å². The fourth-order valence-electron chi connectivity index (χ4n) is 1.95. The van der Waals surface area contributed by atoms with Crippen molar-refractivity contribution in [3.05, 3.63) is 51.5 Å². The quantitative estimate of drug-likeness (QED) is 0.889. The standard InChI is InChI=1S/C17H24N2S/c1-12-6-8-14(9-7-12)13(2)18-10-16-19-15(11-20-16)17(3,4)5/h6-9,11,13,18H,10H2,1-5H3/t13-/m0/s1. The van der Waals surface area contributed by atoms with Crippen molar-refractivity contribution >= 4 is 11.3 Å². The molecule has 0 unspecified atom stereocenters. The molecule has 0 saturated carbocycles. The molecule has 0 aliphatic rings. The molecule has 0 saturated heterocycles. The minimum absolute atomic E-state index is 0.136. The highest BCUT2D eigenvalue weighted by molar-refractivity contribution is 7.09. The van der Waals surface area contributed by atoms with E-state index in [1.165, 1.54) is 16.8 Å². The Morgan fingerprint density at radius 1 is 1.20 bits per heavy atom. The topological polar surface area (TPSA) is 24.9 Å². The molecule has 0 amide bonds. The van der Waals surface area contributed by atoms with Gasteiger partial charge in [0.1, 0.15) is 5.01 Å². The van der Waals surface area contributed by atoms with E-state index in [9.17, 15) is 0 Å². The van der Waals surface area contributed by atoms with Crippen molar-refractivity contribution in [2.45, 2.75) is 52.6 Å². The van der Waals surface area contributed by atoms with Crippen molar-refractivity contribution in [2.24, 2.45) is 0 Å². The Hall–Kier alpha value is -1.19. The minimum atomic E-state index is 0.136. The molecule has 0 aliphatic heterocycles. The lowest BCUT2D eigenvalue weighted by molar-refractivity contribution is 0.554. The third-order valence-electron chi connectivity index (χ3n) is 3.46. The van der Waals surface area contributed by atoms with Crippen molar-refractivity contribution in [1.82, 2.24) is 10.3 Å². The van der Waals surface area contributed by atoms with Gasteiger partial charge in [-0.3, -0.25) is 0 Å². The smallest absolute Gasteiger partial charge is 0.107 e. The summed E-state index contributed by atoms with van der Waals surface area (Å²) < 4.78 is 0. The van der Waals surface area contributed by atoms with Crippen molar-refractivity contribution < 1.29 is 0 Å². The highest BCUT2D eigenvalue weighted by Gasteiger charge is 2.17. The summed E-state index contributed by atoms with van der Waals surface area (Å²) in [5, 5.41) is 6.88. The van der Waals surface area contributed by atoms with E-state index in [4.69, 9.17) is 4.98 Å². The molecule has 0 aliphatic carbocycles. The third kappa shape index (κ3) is 3.90. The predicted molar refractivity (Wildman–Crippen MR) is 87.2 cm³/mol. The molecule has 1 heterocycles. The van der Waals surface area contributed by atoms with E-state index in [0.717, 1.165) is 11.6 Å². The van der Waals surface area contributed by atoms with Gasteiger partial charge in [-0.25, -0.2) is 4.98 Å². The molecule has 108 valence electrons. The molecule has 0 spiro atoms. The lowest BCUT2D eigenvalue weighted by Gasteiger charge is -2.15. The zero-order valence-corrected chi connectivity index (χ0v) is 13.8. The molecule has 1 aromatic carbocycles. The van der Waals surface area contributed by atoms with Gasteiger partial charge in [0.15, 0.2) is 0 Å². The van der Waals surface area contributed by atoms with Crippen molar-refractivity contribution in [3.63, 3.8) is 0 Å². The maximum absolute atomic E-state index is 4.72. The van der Waals surface area contributed by atoms with Gasteiger partial charge in [-0.05, 0) is 19.4 Å². The molecule has 1 atom stereocenters. The lowest BCUT2D eigenvalue weighted by atomic mass is 9.93. The van der Waals surface area contributed by atoms with Crippen molar-refractivity contribution in [2.75, 3.05) is 0 Å². The molecule has 3 heteroatoms. The van der Waals surface area contributed by atoms with Crippen LogP contribution in [0.15, 0.2) is 29.6 Å². The zero-order chi connectivity index (χ0) is 14.8. The monoisotopic (exact) mass is 288 g/mol. The minimum Gasteiger partial charge on any atom is -0.304 e. The van der Waals surface area contributed by atoms with Crippen molar-refractivity contribution in [3.8, 4) is 0 Å². The third-order valence-corrected chi connectivity index (χ3v) is 4.31. The second kappa shape index (κ2) is 6.06. The molecule has 0 radical (unpaired) electrons. The van der Waals surface area contributed by atoms with Crippen LogP contribution in [-0.2, 0) is 12.0 Å². The molecular formula is C17H24N2S. The number of benzene rings is 1. The number of hydrogen-bond donors (Lipinski definition) is 1. The largest absolute Gasteiger partial charge is 0.304 e. The van der Waals surface area contributed by atoms with E-state index in [-0.39, 0.29) is 5.41 Å². The van der Waals surface area contributed by atoms with Gasteiger partial charge in [-0.15, -0.1) is 11.3 Å². The molecule has 0 bridgehead atoms. The van der Waals surface area contributed by atoms with E-state index in [1.807, 2.05) is 0 Å². The van der Waals surface area contributed by atoms with Gasteiger partial charge in [-0.1, -0.05) is 50.6 Å². The molecule has 2 aromatic rings. The number of aryl methyl sites for hydroxylation is 1. The highest BCUT2D eigenvalue weighted by Crippen LogP contribution is 2.24. The van der Waals surface area contributed by atoms with Gasteiger partial charge >= 0.3 is 0 Å². The van der Waals surface area contributed by atoms with Gasteiger partial charge in [-0.2, -0.15) is 0 Å². The number of aromatic nitrogens is 1. The summed E-state index contributed by atoms with van der Waals surface area (Å²) in [6, 6.07) is 9.05. The first-order chi connectivity index (χ1) is 9.36. The van der Waals surface area contributed by atoms with E-state index < -0.39 is 0 Å². The Morgan fingerprint density at radius 2 is 1.85 bits per heavy atom. The maximum Gasteiger partial charge on any atom is 0.107 e. The summed E-state index contributed by atoms with van der Waals surface area (Å²) in [5.41, 5.74) is 3.94. The Balaban J connectivity index is 1.95. The van der Waals surface area contributed by atoms with Gasteiger partial charge in [0.05, 0.1) is 5.69 Å². The summed E-state index contributed by atoms with van der Waals surface area (Å²) in [5.74, 6) is 0. The summed E-state index contributed by atoms with van der Waals surface area (Å²) in [6.07, 6.45) is 0. The Bertz CT molecular complexity index is 549. The molecule has 1 N–H and O–H groups in total. The first kappa shape index (κ1) is 15.2. The fraction of sp³-hybridized carbons (Fsp3) is 0.471. The van der Waals surface area contributed by atoms with Crippen molar-refractivity contribution in [1.29, 1.82) is 0 Å². The Kier molecular flexibility index (Phi) is 4.61. The van der Waals surface area contributed by atoms with Gasteiger partial charge in [0.25, 0.3) is 0 Å². The van der Waals surface area contributed by atoms with Crippen LogP contribution in [0.4, 0.5) is 0 Å². The number of thiazole rings is 1. The molecule has 2 nitrogen and oxygen atoms in total. The number of rotatable bonds is 4. The molecule has 2 rings (SSSR count). The Morgan fingerprint density at radius 3 is 2.40 bits per heavy atom. The molecular weight excluding hydrogens is 264 g/mol. The van der Waals surface area contributed by atoms with E-state index in [0.29, 0.717) is 6.04 Å². The van der Waals surface area contributed by atoms with E-state index in [1.54, 1.807) is 11.3 Å².